The number of hydrogen-bond donors (Lipinski definition) is 0. The Kier molecular flexibility index (Phi) is 11.3. The zero-order valence-electron chi connectivity index (χ0n) is 11.3. The fourth-order valence-corrected chi connectivity index (χ4v) is 6.28. The fourth-order valence-electron chi connectivity index (χ4n) is 1.47. The second-order valence-electron chi connectivity index (χ2n) is 4.97. The minimum atomic E-state index is 0.355. The van der Waals surface area contributed by atoms with Crippen LogP contribution in [0.3, 0.4) is 0 Å². The first-order valence-electron chi connectivity index (χ1n) is 6.00. The molecule has 1 unspecified atom stereocenters. The van der Waals surface area contributed by atoms with E-state index >= 15 is 0 Å². The maximum atomic E-state index is 2.50. The summed E-state index contributed by atoms with van der Waals surface area (Å²) in [6.45, 7) is 12.1. The molecular weight excluding hydrogens is 237 g/mol. The molecule has 0 nitrogen and oxygen atoms in total. The van der Waals surface area contributed by atoms with Crippen molar-refractivity contribution in [2.45, 2.75) is 19.3 Å². The Morgan fingerprint density at radius 1 is 0.533 bits per heavy atom. The lowest BCUT2D eigenvalue weighted by Crippen LogP contribution is -1.94. The van der Waals surface area contributed by atoms with E-state index in [9.17, 15) is 0 Å². The van der Waals surface area contributed by atoms with Crippen molar-refractivity contribution in [3.05, 3.63) is 0 Å². The summed E-state index contributed by atoms with van der Waals surface area (Å²) < 4.78 is 0. The monoisotopic (exact) mass is 266 g/mol. The van der Waals surface area contributed by atoms with Crippen LogP contribution in [-0.4, -0.2) is 58.0 Å². The van der Waals surface area contributed by atoms with Gasteiger partial charge in [0.2, 0.25) is 0 Å². The average molecular weight is 266 g/mol. The van der Waals surface area contributed by atoms with Gasteiger partial charge in [-0.1, -0.05) is 6.42 Å². The molecule has 0 aromatic carbocycles. The minimum absolute atomic E-state index is 0.355. The molecule has 0 aliphatic rings. The SMILES string of the molecule is CP(C)CCCCCP(C)CCP(C)C. The predicted octanol–water partition coefficient (Wildman–Crippen LogP) is 4.75. The summed E-state index contributed by atoms with van der Waals surface area (Å²) in [5.41, 5.74) is 0. The van der Waals surface area contributed by atoms with Crippen molar-refractivity contribution in [1.82, 2.24) is 0 Å². The van der Waals surface area contributed by atoms with Gasteiger partial charge in [-0.25, -0.2) is 0 Å². The zero-order chi connectivity index (χ0) is 11.7. The van der Waals surface area contributed by atoms with E-state index in [1.54, 1.807) is 0 Å². The minimum Gasteiger partial charge on any atom is -0.113 e. The number of hydrogen-bond acceptors (Lipinski definition) is 0. The van der Waals surface area contributed by atoms with Gasteiger partial charge in [-0.3, -0.25) is 0 Å². The average Bonchev–Trinajstić information content (AvgIpc) is 2.13. The molecule has 0 aliphatic carbocycles. The van der Waals surface area contributed by atoms with Gasteiger partial charge in [0, 0.05) is 0 Å². The normalized spacial score (nSPS) is 13.8. The molecular formula is C12H29P3. The van der Waals surface area contributed by atoms with Gasteiger partial charge in [-0.2, -0.15) is 0 Å². The van der Waals surface area contributed by atoms with Crippen LogP contribution in [0.1, 0.15) is 19.3 Å². The van der Waals surface area contributed by atoms with Crippen molar-refractivity contribution in [3.8, 4) is 0 Å². The highest BCUT2D eigenvalue weighted by atomic mass is 31.1. The first-order chi connectivity index (χ1) is 7.02. The Morgan fingerprint density at radius 2 is 1.07 bits per heavy atom. The molecule has 15 heavy (non-hydrogen) atoms. The molecule has 0 bridgehead atoms. The molecule has 0 saturated carbocycles. The van der Waals surface area contributed by atoms with Crippen LogP contribution in [0.25, 0.3) is 0 Å². The smallest absolute Gasteiger partial charge is 0.0289 e. The fraction of sp³-hybridized carbons (Fsp3) is 1.00. The number of rotatable bonds is 9. The third-order valence-electron chi connectivity index (χ3n) is 2.57. The van der Waals surface area contributed by atoms with E-state index in [-0.39, 0.29) is 0 Å². The van der Waals surface area contributed by atoms with E-state index in [0.29, 0.717) is 23.8 Å². The highest BCUT2D eigenvalue weighted by molar-refractivity contribution is 7.60. The standard InChI is InChI=1S/C12H29P3/c1-13(2)9-7-6-8-10-15(5)12-11-14(3)4/h6-12H2,1-5H3. The van der Waals surface area contributed by atoms with Gasteiger partial charge in [0.1, 0.15) is 0 Å². The van der Waals surface area contributed by atoms with E-state index in [1.807, 2.05) is 0 Å². The lowest BCUT2D eigenvalue weighted by molar-refractivity contribution is 0.780. The topological polar surface area (TPSA) is 0 Å². The van der Waals surface area contributed by atoms with Crippen LogP contribution in [0.4, 0.5) is 0 Å². The lowest BCUT2D eigenvalue weighted by Gasteiger charge is -2.14. The van der Waals surface area contributed by atoms with Crippen LogP contribution < -0.4 is 0 Å². The van der Waals surface area contributed by atoms with Crippen molar-refractivity contribution >= 4 is 23.8 Å². The van der Waals surface area contributed by atoms with E-state index < -0.39 is 0 Å². The van der Waals surface area contributed by atoms with Crippen LogP contribution in [0.5, 0.6) is 0 Å². The van der Waals surface area contributed by atoms with Crippen LogP contribution in [0, 0.1) is 0 Å². The molecule has 0 spiro atoms. The largest absolute Gasteiger partial charge is 0.113 e. The molecule has 92 valence electrons. The summed E-state index contributed by atoms with van der Waals surface area (Å²) in [5.74, 6) is 0. The Labute approximate surface area is 101 Å². The Morgan fingerprint density at radius 3 is 1.60 bits per heavy atom. The first-order valence-corrected chi connectivity index (χ1v) is 13.0. The van der Waals surface area contributed by atoms with E-state index in [2.05, 4.69) is 33.3 Å². The maximum absolute atomic E-state index is 2.50. The molecule has 0 aromatic heterocycles. The van der Waals surface area contributed by atoms with E-state index in [0.717, 1.165) is 0 Å². The van der Waals surface area contributed by atoms with Crippen LogP contribution in [0.15, 0.2) is 0 Å². The van der Waals surface area contributed by atoms with E-state index in [1.165, 1.54) is 43.9 Å². The Bertz CT molecular complexity index is 135. The molecule has 1 atom stereocenters. The summed E-state index contributed by atoms with van der Waals surface area (Å²) in [4.78, 5) is 0. The molecule has 3 heteroatoms. The van der Waals surface area contributed by atoms with Crippen LogP contribution in [-0.2, 0) is 0 Å². The van der Waals surface area contributed by atoms with Crippen molar-refractivity contribution in [3.63, 3.8) is 0 Å². The molecule has 0 aliphatic heterocycles. The third-order valence-corrected chi connectivity index (χ3v) is 7.32. The third kappa shape index (κ3) is 13.2. The van der Waals surface area contributed by atoms with E-state index in [4.69, 9.17) is 0 Å². The molecule has 0 amide bonds. The summed E-state index contributed by atoms with van der Waals surface area (Å²) in [5, 5.41) is 0. The second kappa shape index (κ2) is 10.4. The van der Waals surface area contributed by atoms with Crippen LogP contribution >= 0.6 is 23.8 Å². The van der Waals surface area contributed by atoms with Gasteiger partial charge in [0.05, 0.1) is 0 Å². The summed E-state index contributed by atoms with van der Waals surface area (Å²) in [6, 6.07) is 0. The summed E-state index contributed by atoms with van der Waals surface area (Å²) in [6.07, 6.45) is 10.5. The second-order valence-corrected chi connectivity index (χ2v) is 12.8. The predicted molar refractivity (Wildman–Crippen MR) is 83.7 cm³/mol. The van der Waals surface area contributed by atoms with Gasteiger partial charge in [0.25, 0.3) is 0 Å². The van der Waals surface area contributed by atoms with Gasteiger partial charge in [0.15, 0.2) is 0 Å². The van der Waals surface area contributed by atoms with Gasteiger partial charge in [-0.15, -0.1) is 23.8 Å². The van der Waals surface area contributed by atoms with Gasteiger partial charge >= 0.3 is 0 Å². The van der Waals surface area contributed by atoms with Crippen molar-refractivity contribution in [2.24, 2.45) is 0 Å². The Hall–Kier alpha value is 1.29. The lowest BCUT2D eigenvalue weighted by atomic mass is 10.3. The number of unbranched alkanes of at least 4 members (excludes halogenated alkanes) is 2. The molecule has 0 saturated heterocycles. The molecule has 0 fully saturated rings. The first kappa shape index (κ1) is 16.3. The zero-order valence-corrected chi connectivity index (χ0v) is 14.0. The van der Waals surface area contributed by atoms with Crippen molar-refractivity contribution in [2.75, 3.05) is 58.0 Å². The Balaban J connectivity index is 3.20. The van der Waals surface area contributed by atoms with Gasteiger partial charge in [-0.05, 0) is 70.8 Å². The van der Waals surface area contributed by atoms with Crippen molar-refractivity contribution in [1.29, 1.82) is 0 Å². The molecule has 0 rings (SSSR count). The summed E-state index contributed by atoms with van der Waals surface area (Å²) in [7, 11) is 1.09. The highest BCUT2D eigenvalue weighted by Gasteiger charge is 2.02. The molecule has 0 N–H and O–H groups in total. The molecule has 0 aromatic rings. The van der Waals surface area contributed by atoms with Crippen molar-refractivity contribution < 1.29 is 0 Å². The highest BCUT2D eigenvalue weighted by Crippen LogP contribution is 2.37. The van der Waals surface area contributed by atoms with Crippen LogP contribution in [0.2, 0.25) is 0 Å². The quantitative estimate of drug-likeness (QED) is 0.417. The maximum Gasteiger partial charge on any atom is -0.0289 e. The molecule has 0 radical (unpaired) electrons. The van der Waals surface area contributed by atoms with Gasteiger partial charge < -0.3 is 0 Å². The summed E-state index contributed by atoms with van der Waals surface area (Å²) >= 11 is 0. The molecule has 0 heterocycles.